The van der Waals surface area contributed by atoms with Crippen molar-refractivity contribution >= 4 is 15.7 Å². The topological polar surface area (TPSA) is 46.6 Å². The Morgan fingerprint density at radius 3 is 2.57 bits per heavy atom. The van der Waals surface area contributed by atoms with Gasteiger partial charge in [-0.15, -0.1) is 0 Å². The number of nitrogens with zero attached hydrogens (tertiary/aromatic N) is 1. The fraction of sp³-hybridized carbons (Fsp3) is 0.250. The molecule has 0 unspecified atom stereocenters. The van der Waals surface area contributed by atoms with Crippen LogP contribution in [0.3, 0.4) is 0 Å². The first-order valence-corrected chi connectivity index (χ1v) is 8.31. The van der Waals surface area contributed by atoms with E-state index in [0.717, 1.165) is 29.8 Å². The van der Waals surface area contributed by atoms with Gasteiger partial charge >= 0.3 is 0 Å². The number of methoxy groups -OCH3 is 1. The zero-order valence-electron chi connectivity index (χ0n) is 11.8. The number of benzene rings is 2. The Labute approximate surface area is 125 Å². The van der Waals surface area contributed by atoms with E-state index >= 15 is 0 Å². The summed E-state index contributed by atoms with van der Waals surface area (Å²) in [6.07, 6.45) is 1.68. The number of hydrogen-bond donors (Lipinski definition) is 0. The molecule has 1 aliphatic rings. The van der Waals surface area contributed by atoms with Crippen LogP contribution in [0.1, 0.15) is 12.0 Å². The molecule has 0 saturated heterocycles. The molecule has 2 aromatic carbocycles. The molecule has 0 radical (unpaired) electrons. The summed E-state index contributed by atoms with van der Waals surface area (Å²) in [4.78, 5) is 0.327. The van der Waals surface area contributed by atoms with Crippen LogP contribution in [-0.2, 0) is 16.4 Å². The van der Waals surface area contributed by atoms with Gasteiger partial charge in [0.15, 0.2) is 0 Å². The lowest BCUT2D eigenvalue weighted by Gasteiger charge is -2.30. The number of ether oxygens (including phenoxy) is 1. The summed E-state index contributed by atoms with van der Waals surface area (Å²) >= 11 is 0. The Bertz CT molecular complexity index is 741. The second-order valence-electron chi connectivity index (χ2n) is 4.99. The summed E-state index contributed by atoms with van der Waals surface area (Å²) in [7, 11) is -1.89. The van der Waals surface area contributed by atoms with Crippen molar-refractivity contribution in [1.82, 2.24) is 0 Å². The molecule has 0 N–H and O–H groups in total. The molecular weight excluding hydrogens is 286 g/mol. The van der Waals surface area contributed by atoms with Crippen LogP contribution in [0.15, 0.2) is 53.4 Å². The molecule has 4 nitrogen and oxygen atoms in total. The van der Waals surface area contributed by atoms with Gasteiger partial charge < -0.3 is 4.74 Å². The Morgan fingerprint density at radius 1 is 1.10 bits per heavy atom. The largest absolute Gasteiger partial charge is 0.497 e. The average molecular weight is 303 g/mol. The SMILES string of the molecule is COc1ccc2c(c1)CCCN2S(=O)(=O)c1ccccc1. The Hall–Kier alpha value is -2.01. The molecule has 21 heavy (non-hydrogen) atoms. The van der Waals surface area contributed by atoms with Crippen LogP contribution in [0, 0.1) is 0 Å². The molecule has 0 aromatic heterocycles. The number of hydrogen-bond acceptors (Lipinski definition) is 3. The molecule has 0 fully saturated rings. The molecule has 0 saturated carbocycles. The van der Waals surface area contributed by atoms with Crippen LogP contribution >= 0.6 is 0 Å². The molecule has 0 spiro atoms. The third-order valence-electron chi connectivity index (χ3n) is 3.69. The molecule has 0 atom stereocenters. The van der Waals surface area contributed by atoms with Crippen molar-refractivity contribution in [2.75, 3.05) is 18.0 Å². The van der Waals surface area contributed by atoms with Gasteiger partial charge in [0.2, 0.25) is 0 Å². The maximum Gasteiger partial charge on any atom is 0.264 e. The minimum absolute atomic E-state index is 0.327. The van der Waals surface area contributed by atoms with Crippen molar-refractivity contribution < 1.29 is 13.2 Å². The third-order valence-corrected chi connectivity index (χ3v) is 5.52. The number of sulfonamides is 1. The molecule has 5 heteroatoms. The molecular formula is C16H17NO3S. The van der Waals surface area contributed by atoms with Crippen LogP contribution in [-0.4, -0.2) is 22.1 Å². The number of anilines is 1. The summed E-state index contributed by atoms with van der Waals surface area (Å²) in [6, 6.07) is 14.1. The molecule has 3 rings (SSSR count). The quantitative estimate of drug-likeness (QED) is 0.876. The molecule has 2 aromatic rings. The Balaban J connectivity index is 2.06. The zero-order valence-corrected chi connectivity index (χ0v) is 12.6. The van der Waals surface area contributed by atoms with Gasteiger partial charge in [0.1, 0.15) is 5.75 Å². The summed E-state index contributed by atoms with van der Waals surface area (Å²) in [5.41, 5.74) is 1.77. The lowest BCUT2D eigenvalue weighted by Crippen LogP contribution is -2.35. The third kappa shape index (κ3) is 2.49. The van der Waals surface area contributed by atoms with Crippen molar-refractivity contribution in [1.29, 1.82) is 0 Å². The first kappa shape index (κ1) is 13.9. The highest BCUT2D eigenvalue weighted by atomic mass is 32.2. The van der Waals surface area contributed by atoms with Gasteiger partial charge in [-0.05, 0) is 48.7 Å². The van der Waals surface area contributed by atoms with Gasteiger partial charge in [-0.2, -0.15) is 0 Å². The highest BCUT2D eigenvalue weighted by Gasteiger charge is 2.28. The summed E-state index contributed by atoms with van der Waals surface area (Å²) in [5, 5.41) is 0. The molecule has 0 aliphatic carbocycles. The predicted octanol–water partition coefficient (Wildman–Crippen LogP) is 2.84. The molecule has 0 bridgehead atoms. The van der Waals surface area contributed by atoms with Crippen LogP contribution < -0.4 is 9.04 Å². The Morgan fingerprint density at radius 2 is 1.86 bits per heavy atom. The van der Waals surface area contributed by atoms with E-state index in [9.17, 15) is 8.42 Å². The smallest absolute Gasteiger partial charge is 0.264 e. The highest BCUT2D eigenvalue weighted by Crippen LogP contribution is 2.34. The average Bonchev–Trinajstić information content (AvgIpc) is 2.54. The van der Waals surface area contributed by atoms with Gasteiger partial charge in [0.25, 0.3) is 10.0 Å². The lowest BCUT2D eigenvalue weighted by molar-refractivity contribution is 0.414. The van der Waals surface area contributed by atoms with Crippen molar-refractivity contribution in [3.63, 3.8) is 0 Å². The Kier molecular flexibility index (Phi) is 3.59. The second kappa shape index (κ2) is 5.41. The van der Waals surface area contributed by atoms with E-state index in [4.69, 9.17) is 4.74 Å². The predicted molar refractivity (Wildman–Crippen MR) is 82.3 cm³/mol. The van der Waals surface area contributed by atoms with E-state index in [-0.39, 0.29) is 0 Å². The zero-order chi connectivity index (χ0) is 14.9. The summed E-state index contributed by atoms with van der Waals surface area (Å²) in [5.74, 6) is 0.757. The number of rotatable bonds is 3. The van der Waals surface area contributed by atoms with E-state index < -0.39 is 10.0 Å². The number of aryl methyl sites for hydroxylation is 1. The van der Waals surface area contributed by atoms with Crippen molar-refractivity contribution in [3.8, 4) is 5.75 Å². The van der Waals surface area contributed by atoms with Crippen LogP contribution in [0.4, 0.5) is 5.69 Å². The van der Waals surface area contributed by atoms with E-state index in [1.807, 2.05) is 18.2 Å². The van der Waals surface area contributed by atoms with Crippen LogP contribution in [0.2, 0.25) is 0 Å². The van der Waals surface area contributed by atoms with Gasteiger partial charge in [-0.3, -0.25) is 4.31 Å². The van der Waals surface area contributed by atoms with Gasteiger partial charge in [0.05, 0.1) is 17.7 Å². The lowest BCUT2D eigenvalue weighted by atomic mass is 10.0. The highest BCUT2D eigenvalue weighted by molar-refractivity contribution is 7.92. The molecule has 110 valence electrons. The van der Waals surface area contributed by atoms with Crippen molar-refractivity contribution in [2.45, 2.75) is 17.7 Å². The number of fused-ring (bicyclic) bond motifs is 1. The van der Waals surface area contributed by atoms with Gasteiger partial charge in [-0.1, -0.05) is 18.2 Å². The van der Waals surface area contributed by atoms with E-state index in [2.05, 4.69) is 0 Å². The first-order valence-electron chi connectivity index (χ1n) is 6.87. The van der Waals surface area contributed by atoms with Crippen molar-refractivity contribution in [2.24, 2.45) is 0 Å². The standard InChI is InChI=1S/C16H17NO3S/c1-20-14-9-10-16-13(12-14)6-5-11-17(16)21(18,19)15-7-3-2-4-8-15/h2-4,7-10,12H,5-6,11H2,1H3. The summed E-state index contributed by atoms with van der Waals surface area (Å²) < 4.78 is 32.3. The minimum Gasteiger partial charge on any atom is -0.497 e. The molecule has 1 heterocycles. The fourth-order valence-corrected chi connectivity index (χ4v) is 4.20. The second-order valence-corrected chi connectivity index (χ2v) is 6.85. The first-order chi connectivity index (χ1) is 10.1. The summed E-state index contributed by atoms with van der Waals surface area (Å²) in [6.45, 7) is 0.510. The van der Waals surface area contributed by atoms with Crippen molar-refractivity contribution in [3.05, 3.63) is 54.1 Å². The van der Waals surface area contributed by atoms with Gasteiger partial charge in [-0.25, -0.2) is 8.42 Å². The monoisotopic (exact) mass is 303 g/mol. The van der Waals surface area contributed by atoms with Crippen LogP contribution in [0.5, 0.6) is 5.75 Å². The maximum absolute atomic E-state index is 12.8. The van der Waals surface area contributed by atoms with Crippen LogP contribution in [0.25, 0.3) is 0 Å². The fourth-order valence-electron chi connectivity index (χ4n) is 2.64. The minimum atomic E-state index is -3.50. The molecule has 0 amide bonds. The normalized spacial score (nSPS) is 14.6. The van der Waals surface area contributed by atoms with E-state index in [1.165, 1.54) is 4.31 Å². The van der Waals surface area contributed by atoms with E-state index in [1.54, 1.807) is 37.4 Å². The van der Waals surface area contributed by atoms with Gasteiger partial charge in [0, 0.05) is 6.54 Å². The molecule has 1 aliphatic heterocycles. The maximum atomic E-state index is 12.8. The van der Waals surface area contributed by atoms with E-state index in [0.29, 0.717) is 11.4 Å².